The molecule has 0 fully saturated rings. The lowest BCUT2D eigenvalue weighted by Gasteiger charge is -2.17. The number of hydrogen-bond donors (Lipinski definition) is 1. The predicted octanol–water partition coefficient (Wildman–Crippen LogP) is 4.49. The third-order valence-corrected chi connectivity index (χ3v) is 3.72. The molecule has 2 aromatic rings. The maximum atomic E-state index is 13.1. The van der Waals surface area contributed by atoms with Crippen LogP contribution < -0.4 is 5.73 Å². The van der Waals surface area contributed by atoms with Crippen molar-refractivity contribution in [3.8, 4) is 0 Å². The summed E-state index contributed by atoms with van der Waals surface area (Å²) in [6, 6.07) is 9.42. The average Bonchev–Trinajstić information content (AvgIpc) is 2.32. The summed E-state index contributed by atoms with van der Waals surface area (Å²) in [5, 5.41) is 0.903. The van der Waals surface area contributed by atoms with Gasteiger partial charge in [-0.05, 0) is 41.8 Å². The summed E-state index contributed by atoms with van der Waals surface area (Å²) in [6.45, 7) is 1.82. The Kier molecular flexibility index (Phi) is 3.91. The second-order valence-corrected chi connectivity index (χ2v) is 4.91. The van der Waals surface area contributed by atoms with Gasteiger partial charge in [0, 0.05) is 0 Å². The smallest absolute Gasteiger partial charge is 0.123 e. The highest BCUT2D eigenvalue weighted by Gasteiger charge is 2.16. The standard InChI is InChI=1S/C14H12Cl2FN/c1-8-7-9(17)5-6-10(8)14(18)11-3-2-4-12(15)13(11)16/h2-7,14H,18H2,1H3. The Morgan fingerprint density at radius 2 is 1.83 bits per heavy atom. The Bertz CT molecular complexity index is 584. The largest absolute Gasteiger partial charge is 0.320 e. The summed E-state index contributed by atoms with van der Waals surface area (Å²) >= 11 is 12.1. The van der Waals surface area contributed by atoms with Gasteiger partial charge in [-0.1, -0.05) is 41.4 Å². The first-order chi connectivity index (χ1) is 8.50. The van der Waals surface area contributed by atoms with Crippen LogP contribution in [0.2, 0.25) is 10.0 Å². The second-order valence-electron chi connectivity index (χ2n) is 4.12. The van der Waals surface area contributed by atoms with Gasteiger partial charge in [0.25, 0.3) is 0 Å². The van der Waals surface area contributed by atoms with Crippen molar-refractivity contribution in [2.75, 3.05) is 0 Å². The molecule has 4 heteroatoms. The number of halogens is 3. The summed E-state index contributed by atoms with van der Waals surface area (Å²) < 4.78 is 13.1. The SMILES string of the molecule is Cc1cc(F)ccc1C(N)c1cccc(Cl)c1Cl. The van der Waals surface area contributed by atoms with Crippen molar-refractivity contribution in [3.05, 3.63) is 69.0 Å². The molecule has 0 amide bonds. The molecule has 18 heavy (non-hydrogen) atoms. The first-order valence-corrected chi connectivity index (χ1v) is 6.22. The van der Waals surface area contributed by atoms with Crippen molar-refractivity contribution in [1.82, 2.24) is 0 Å². The molecule has 0 saturated heterocycles. The minimum Gasteiger partial charge on any atom is -0.320 e. The van der Waals surface area contributed by atoms with E-state index in [9.17, 15) is 4.39 Å². The summed E-state index contributed by atoms with van der Waals surface area (Å²) in [6.07, 6.45) is 0. The van der Waals surface area contributed by atoms with Gasteiger partial charge in [-0.15, -0.1) is 0 Å². The molecular formula is C14H12Cl2FN. The molecule has 0 radical (unpaired) electrons. The Hall–Kier alpha value is -1.09. The van der Waals surface area contributed by atoms with Crippen LogP contribution in [0, 0.1) is 12.7 Å². The minimum atomic E-state index is -0.420. The van der Waals surface area contributed by atoms with Crippen LogP contribution in [0.25, 0.3) is 0 Å². The highest BCUT2D eigenvalue weighted by atomic mass is 35.5. The highest BCUT2D eigenvalue weighted by Crippen LogP contribution is 2.32. The molecule has 2 rings (SSSR count). The molecule has 1 unspecified atom stereocenters. The van der Waals surface area contributed by atoms with Crippen molar-refractivity contribution in [3.63, 3.8) is 0 Å². The van der Waals surface area contributed by atoms with Gasteiger partial charge in [-0.2, -0.15) is 0 Å². The highest BCUT2D eigenvalue weighted by molar-refractivity contribution is 6.42. The molecule has 0 aliphatic carbocycles. The van der Waals surface area contributed by atoms with Crippen LogP contribution in [0.1, 0.15) is 22.7 Å². The molecule has 94 valence electrons. The van der Waals surface area contributed by atoms with E-state index in [1.165, 1.54) is 12.1 Å². The zero-order valence-electron chi connectivity index (χ0n) is 9.75. The van der Waals surface area contributed by atoms with Crippen LogP contribution in [0.5, 0.6) is 0 Å². The molecule has 0 aliphatic heterocycles. The van der Waals surface area contributed by atoms with Gasteiger partial charge in [0.05, 0.1) is 16.1 Å². The van der Waals surface area contributed by atoms with Gasteiger partial charge in [-0.3, -0.25) is 0 Å². The van der Waals surface area contributed by atoms with Crippen molar-refractivity contribution >= 4 is 23.2 Å². The van der Waals surface area contributed by atoms with E-state index >= 15 is 0 Å². The van der Waals surface area contributed by atoms with Gasteiger partial charge in [0.2, 0.25) is 0 Å². The molecule has 2 N–H and O–H groups in total. The van der Waals surface area contributed by atoms with Gasteiger partial charge in [-0.25, -0.2) is 4.39 Å². The quantitative estimate of drug-likeness (QED) is 0.864. The van der Waals surface area contributed by atoms with E-state index in [2.05, 4.69) is 0 Å². The number of nitrogens with two attached hydrogens (primary N) is 1. The van der Waals surface area contributed by atoms with E-state index in [0.717, 1.165) is 16.7 Å². The Morgan fingerprint density at radius 3 is 2.50 bits per heavy atom. The molecule has 0 spiro atoms. The van der Waals surface area contributed by atoms with E-state index in [1.807, 2.05) is 13.0 Å². The van der Waals surface area contributed by atoms with Crippen molar-refractivity contribution < 1.29 is 4.39 Å². The van der Waals surface area contributed by atoms with Gasteiger partial charge in [0.1, 0.15) is 5.82 Å². The van der Waals surface area contributed by atoms with E-state index in [-0.39, 0.29) is 5.82 Å². The number of aryl methyl sites for hydroxylation is 1. The maximum absolute atomic E-state index is 13.1. The van der Waals surface area contributed by atoms with Crippen molar-refractivity contribution in [2.24, 2.45) is 5.73 Å². The van der Waals surface area contributed by atoms with Crippen molar-refractivity contribution in [2.45, 2.75) is 13.0 Å². The topological polar surface area (TPSA) is 26.0 Å². The molecule has 0 saturated carbocycles. The molecule has 0 aliphatic rings. The van der Waals surface area contributed by atoms with Crippen LogP contribution in [0.4, 0.5) is 4.39 Å². The average molecular weight is 284 g/mol. The van der Waals surface area contributed by atoms with Gasteiger partial charge >= 0.3 is 0 Å². The monoisotopic (exact) mass is 283 g/mol. The number of hydrogen-bond acceptors (Lipinski definition) is 1. The fourth-order valence-electron chi connectivity index (χ4n) is 1.92. The third-order valence-electron chi connectivity index (χ3n) is 2.88. The van der Waals surface area contributed by atoms with Gasteiger partial charge in [0.15, 0.2) is 0 Å². The van der Waals surface area contributed by atoms with E-state index < -0.39 is 6.04 Å². The number of benzene rings is 2. The molecule has 0 bridgehead atoms. The molecule has 1 nitrogen and oxygen atoms in total. The lowest BCUT2D eigenvalue weighted by atomic mass is 9.96. The molecule has 1 atom stereocenters. The predicted molar refractivity (Wildman–Crippen MR) is 73.6 cm³/mol. The van der Waals surface area contributed by atoms with Crippen LogP contribution >= 0.6 is 23.2 Å². The summed E-state index contributed by atoms with van der Waals surface area (Å²) in [4.78, 5) is 0. The van der Waals surface area contributed by atoms with Crippen molar-refractivity contribution in [1.29, 1.82) is 0 Å². The molecule has 0 aromatic heterocycles. The van der Waals surface area contributed by atoms with Gasteiger partial charge < -0.3 is 5.73 Å². The van der Waals surface area contributed by atoms with Crippen LogP contribution in [-0.2, 0) is 0 Å². The first-order valence-electron chi connectivity index (χ1n) is 5.46. The minimum absolute atomic E-state index is 0.277. The fraction of sp³-hybridized carbons (Fsp3) is 0.143. The summed E-state index contributed by atoms with van der Waals surface area (Å²) in [5.41, 5.74) is 8.53. The van der Waals surface area contributed by atoms with E-state index in [0.29, 0.717) is 10.0 Å². The van der Waals surface area contributed by atoms with Crippen LogP contribution in [-0.4, -0.2) is 0 Å². The third kappa shape index (κ3) is 2.51. The van der Waals surface area contributed by atoms with Crippen LogP contribution in [0.3, 0.4) is 0 Å². The lowest BCUT2D eigenvalue weighted by molar-refractivity contribution is 0.624. The molecule has 0 heterocycles. The Balaban J connectivity index is 2.48. The summed E-state index contributed by atoms with van der Waals surface area (Å²) in [5.74, 6) is -0.277. The zero-order chi connectivity index (χ0) is 13.3. The second kappa shape index (κ2) is 5.27. The lowest BCUT2D eigenvalue weighted by Crippen LogP contribution is -2.14. The van der Waals surface area contributed by atoms with E-state index in [4.69, 9.17) is 28.9 Å². The normalized spacial score (nSPS) is 12.5. The maximum Gasteiger partial charge on any atom is 0.123 e. The Labute approximate surface area is 115 Å². The number of rotatable bonds is 2. The summed E-state index contributed by atoms with van der Waals surface area (Å²) in [7, 11) is 0. The Morgan fingerprint density at radius 1 is 1.11 bits per heavy atom. The first kappa shape index (κ1) is 13.3. The zero-order valence-corrected chi connectivity index (χ0v) is 11.3. The van der Waals surface area contributed by atoms with Crippen LogP contribution in [0.15, 0.2) is 36.4 Å². The van der Waals surface area contributed by atoms with E-state index in [1.54, 1.807) is 18.2 Å². The molecular weight excluding hydrogens is 272 g/mol. The molecule has 2 aromatic carbocycles. The fourth-order valence-corrected chi connectivity index (χ4v) is 2.34.